The zero-order valence-corrected chi connectivity index (χ0v) is 21.2. The summed E-state index contributed by atoms with van der Waals surface area (Å²) in [7, 11) is 3.29. The maximum absolute atomic E-state index is 14.0. The van der Waals surface area contributed by atoms with Crippen LogP contribution in [0, 0.1) is 34.0 Å². The van der Waals surface area contributed by atoms with Gasteiger partial charge in [-0.1, -0.05) is 27.7 Å². The van der Waals surface area contributed by atoms with Crippen molar-refractivity contribution in [2.45, 2.75) is 78.3 Å². The molecule has 0 radical (unpaired) electrons. The zero-order valence-electron chi connectivity index (χ0n) is 21.2. The molecule has 0 aromatic carbocycles. The van der Waals surface area contributed by atoms with Crippen LogP contribution in [0.4, 0.5) is 0 Å². The summed E-state index contributed by atoms with van der Waals surface area (Å²) in [6.45, 7) is 10.3. The summed E-state index contributed by atoms with van der Waals surface area (Å²) in [5, 5.41) is 0. The summed E-state index contributed by atoms with van der Waals surface area (Å²) in [5.41, 5.74) is -0.267. The standard InChI is InChI=1S/C27H36O7/c1-13-8-16(31-6)23(30)26(4)15(13)10-19-27(5)18(11-21(29)33-19)25(3,12-17(32-7)22(26)27)24-14(2)9-20(28)34-24/h9,11,13,15-17,19,22,24H,8,10,12H2,1-7H3/t13-,15+,16+,17-,19-,22-,24-,25-,26+,27-/m1/s1. The molecule has 0 amide bonds. The number of esters is 2. The van der Waals surface area contributed by atoms with Crippen LogP contribution in [-0.4, -0.2) is 56.4 Å². The molecule has 5 rings (SSSR count). The van der Waals surface area contributed by atoms with Crippen molar-refractivity contribution < 1.29 is 33.3 Å². The monoisotopic (exact) mass is 472 g/mol. The largest absolute Gasteiger partial charge is 0.458 e. The van der Waals surface area contributed by atoms with E-state index in [1.165, 1.54) is 6.08 Å². The number of ketones is 1. The fraction of sp³-hybridized carbons (Fsp3) is 0.741. The molecule has 186 valence electrons. The lowest BCUT2D eigenvalue weighted by Gasteiger charge is -2.68. The first-order chi connectivity index (χ1) is 15.9. The molecule has 3 aliphatic carbocycles. The van der Waals surface area contributed by atoms with Gasteiger partial charge in [0.05, 0.1) is 6.10 Å². The molecular formula is C27H36O7. The maximum Gasteiger partial charge on any atom is 0.331 e. The quantitative estimate of drug-likeness (QED) is 0.582. The van der Waals surface area contributed by atoms with Crippen molar-refractivity contribution in [3.8, 4) is 0 Å². The highest BCUT2D eigenvalue weighted by molar-refractivity contribution is 5.92. The minimum absolute atomic E-state index is 0.0505. The summed E-state index contributed by atoms with van der Waals surface area (Å²) >= 11 is 0. The molecule has 3 saturated carbocycles. The molecule has 0 spiro atoms. The predicted molar refractivity (Wildman–Crippen MR) is 123 cm³/mol. The smallest absolute Gasteiger partial charge is 0.331 e. The Morgan fingerprint density at radius 1 is 0.941 bits per heavy atom. The van der Waals surface area contributed by atoms with Gasteiger partial charge in [0.2, 0.25) is 0 Å². The highest BCUT2D eigenvalue weighted by atomic mass is 16.6. The lowest BCUT2D eigenvalue weighted by molar-refractivity contribution is -0.232. The highest BCUT2D eigenvalue weighted by Crippen LogP contribution is 2.70. The Labute approximate surface area is 201 Å². The van der Waals surface area contributed by atoms with E-state index in [1.807, 2.05) is 6.92 Å². The number of carbonyl (C=O) groups excluding carboxylic acids is 3. The number of hydrogen-bond donors (Lipinski definition) is 0. The number of methoxy groups -OCH3 is 2. The van der Waals surface area contributed by atoms with Crippen LogP contribution in [0.25, 0.3) is 0 Å². The first-order valence-corrected chi connectivity index (χ1v) is 12.3. The maximum atomic E-state index is 14.0. The van der Waals surface area contributed by atoms with E-state index in [9.17, 15) is 14.4 Å². The Morgan fingerprint density at radius 3 is 2.21 bits per heavy atom. The van der Waals surface area contributed by atoms with Gasteiger partial charge < -0.3 is 18.9 Å². The van der Waals surface area contributed by atoms with E-state index < -0.39 is 28.5 Å². The van der Waals surface area contributed by atoms with Crippen LogP contribution < -0.4 is 0 Å². The zero-order chi connectivity index (χ0) is 24.8. The molecule has 2 heterocycles. The number of cyclic esters (lactones) is 1. The van der Waals surface area contributed by atoms with E-state index in [1.54, 1.807) is 20.3 Å². The van der Waals surface area contributed by atoms with Gasteiger partial charge in [0.25, 0.3) is 0 Å². The third kappa shape index (κ3) is 2.80. The van der Waals surface area contributed by atoms with E-state index in [4.69, 9.17) is 18.9 Å². The van der Waals surface area contributed by atoms with Gasteiger partial charge in [-0.3, -0.25) is 4.79 Å². The number of fused-ring (bicyclic) bond motifs is 2. The summed E-state index contributed by atoms with van der Waals surface area (Å²) in [5.74, 6) is -0.539. The Morgan fingerprint density at radius 2 is 1.62 bits per heavy atom. The molecule has 10 atom stereocenters. The molecule has 7 heteroatoms. The number of rotatable bonds is 3. The van der Waals surface area contributed by atoms with Crippen LogP contribution in [0.1, 0.15) is 53.9 Å². The normalized spacial score (nSPS) is 50.0. The minimum atomic E-state index is -0.703. The van der Waals surface area contributed by atoms with E-state index in [0.717, 1.165) is 11.1 Å². The number of carbonyl (C=O) groups is 3. The molecule has 34 heavy (non-hydrogen) atoms. The van der Waals surface area contributed by atoms with Gasteiger partial charge in [0, 0.05) is 48.5 Å². The van der Waals surface area contributed by atoms with E-state index >= 15 is 0 Å². The molecule has 3 fully saturated rings. The first kappa shape index (κ1) is 23.7. The summed E-state index contributed by atoms with van der Waals surface area (Å²) < 4.78 is 23.7. The average molecular weight is 473 g/mol. The highest BCUT2D eigenvalue weighted by Gasteiger charge is 2.73. The van der Waals surface area contributed by atoms with Gasteiger partial charge in [0.15, 0.2) is 5.78 Å². The van der Waals surface area contributed by atoms with Crippen molar-refractivity contribution in [3.05, 3.63) is 23.3 Å². The third-order valence-corrected chi connectivity index (χ3v) is 10.2. The molecule has 2 aliphatic heterocycles. The van der Waals surface area contributed by atoms with Crippen LogP contribution in [-0.2, 0) is 33.3 Å². The lowest BCUT2D eigenvalue weighted by Crippen LogP contribution is -2.72. The van der Waals surface area contributed by atoms with Gasteiger partial charge in [-0.15, -0.1) is 0 Å². The van der Waals surface area contributed by atoms with Gasteiger partial charge in [-0.2, -0.15) is 0 Å². The van der Waals surface area contributed by atoms with Crippen LogP contribution in [0.15, 0.2) is 23.3 Å². The molecule has 5 aliphatic rings. The Balaban J connectivity index is 1.72. The van der Waals surface area contributed by atoms with Gasteiger partial charge in [-0.05, 0) is 49.2 Å². The third-order valence-electron chi connectivity index (χ3n) is 10.2. The number of Topliss-reactive ketones (excluding diaryl/α,β-unsaturated/α-hetero) is 1. The Hall–Kier alpha value is -1.99. The SMILES string of the molecule is CO[C@H]1C[C@@H](C)[C@@H]2C[C@H]3OC(=O)C=C4[C@@]3(C)[C@H]([C@H](OC)C[C@@]4(C)[C@@H]3OC(=O)C=C3C)[C@@]2(C)C1=O. The van der Waals surface area contributed by atoms with Gasteiger partial charge >= 0.3 is 11.9 Å². The second-order valence-electron chi connectivity index (χ2n) is 11.8. The lowest BCUT2D eigenvalue weighted by atomic mass is 9.37. The Bertz CT molecular complexity index is 1010. The molecular weight excluding hydrogens is 436 g/mol. The fourth-order valence-electron chi connectivity index (χ4n) is 8.85. The summed E-state index contributed by atoms with van der Waals surface area (Å²) in [6, 6.07) is 0. The van der Waals surface area contributed by atoms with Crippen molar-refractivity contribution in [2.24, 2.45) is 34.0 Å². The van der Waals surface area contributed by atoms with E-state index in [-0.39, 0.29) is 47.7 Å². The topological polar surface area (TPSA) is 88.1 Å². The molecule has 0 aromatic heterocycles. The van der Waals surface area contributed by atoms with Crippen LogP contribution >= 0.6 is 0 Å². The van der Waals surface area contributed by atoms with Gasteiger partial charge in [0.1, 0.15) is 18.3 Å². The van der Waals surface area contributed by atoms with Gasteiger partial charge in [-0.25, -0.2) is 9.59 Å². The molecule has 7 nitrogen and oxygen atoms in total. The fourth-order valence-corrected chi connectivity index (χ4v) is 8.85. The van der Waals surface area contributed by atoms with Crippen molar-refractivity contribution in [3.63, 3.8) is 0 Å². The van der Waals surface area contributed by atoms with E-state index in [2.05, 4.69) is 27.7 Å². The van der Waals surface area contributed by atoms with Crippen LogP contribution in [0.5, 0.6) is 0 Å². The van der Waals surface area contributed by atoms with Crippen molar-refractivity contribution in [1.82, 2.24) is 0 Å². The molecule has 0 N–H and O–H groups in total. The average Bonchev–Trinajstić information content (AvgIpc) is 3.12. The van der Waals surface area contributed by atoms with Crippen molar-refractivity contribution in [2.75, 3.05) is 14.2 Å². The first-order valence-electron chi connectivity index (χ1n) is 12.3. The van der Waals surface area contributed by atoms with E-state index in [0.29, 0.717) is 19.3 Å². The molecule has 0 saturated heterocycles. The molecule has 0 bridgehead atoms. The van der Waals surface area contributed by atoms with Crippen molar-refractivity contribution in [1.29, 1.82) is 0 Å². The molecule has 0 aromatic rings. The summed E-state index contributed by atoms with van der Waals surface area (Å²) in [4.78, 5) is 39.1. The summed E-state index contributed by atoms with van der Waals surface area (Å²) in [6.07, 6.45) is 3.31. The van der Waals surface area contributed by atoms with Crippen LogP contribution in [0.3, 0.4) is 0 Å². The number of ether oxygens (including phenoxy) is 4. The molecule has 0 unspecified atom stereocenters. The predicted octanol–water partition coefficient (Wildman–Crippen LogP) is 3.41. The second-order valence-corrected chi connectivity index (χ2v) is 11.8. The minimum Gasteiger partial charge on any atom is -0.458 e. The van der Waals surface area contributed by atoms with Crippen LogP contribution in [0.2, 0.25) is 0 Å². The second kappa shape index (κ2) is 7.50. The van der Waals surface area contributed by atoms with Crippen molar-refractivity contribution >= 4 is 17.7 Å². The number of hydrogen-bond acceptors (Lipinski definition) is 7. The Kier molecular flexibility index (Phi) is 5.24.